The van der Waals surface area contributed by atoms with Crippen molar-refractivity contribution in [3.8, 4) is 0 Å². The first kappa shape index (κ1) is 10.9. The quantitative estimate of drug-likeness (QED) is 0.754. The first-order valence-corrected chi connectivity index (χ1v) is 5.66. The van der Waals surface area contributed by atoms with Crippen LogP contribution in [-0.2, 0) is 9.53 Å². The molecule has 0 amide bonds. The van der Waals surface area contributed by atoms with Crippen LogP contribution in [-0.4, -0.2) is 48.8 Å². The third kappa shape index (κ3) is 2.16. The summed E-state index contributed by atoms with van der Waals surface area (Å²) in [5.41, 5.74) is -0.543. The Labute approximate surface area is 90.2 Å². The third-order valence-electron chi connectivity index (χ3n) is 3.57. The van der Waals surface area contributed by atoms with Crippen molar-refractivity contribution in [2.75, 3.05) is 32.8 Å². The van der Waals surface area contributed by atoms with Crippen LogP contribution in [0.1, 0.15) is 19.8 Å². The van der Waals surface area contributed by atoms with E-state index >= 15 is 0 Å². The lowest BCUT2D eigenvalue weighted by atomic mass is 9.78. The van der Waals surface area contributed by atoms with E-state index in [9.17, 15) is 9.90 Å². The second-order valence-electron chi connectivity index (χ2n) is 5.00. The van der Waals surface area contributed by atoms with Crippen LogP contribution in [0.15, 0.2) is 0 Å². The van der Waals surface area contributed by atoms with E-state index in [4.69, 9.17) is 4.74 Å². The molecule has 86 valence electrons. The largest absolute Gasteiger partial charge is 0.481 e. The summed E-state index contributed by atoms with van der Waals surface area (Å²) in [4.78, 5) is 13.6. The van der Waals surface area contributed by atoms with Crippen LogP contribution < -0.4 is 0 Å². The van der Waals surface area contributed by atoms with Gasteiger partial charge in [0.15, 0.2) is 0 Å². The zero-order valence-corrected chi connectivity index (χ0v) is 9.24. The highest BCUT2D eigenvalue weighted by molar-refractivity contribution is 5.75. The normalized spacial score (nSPS) is 27.3. The van der Waals surface area contributed by atoms with E-state index < -0.39 is 11.4 Å². The van der Waals surface area contributed by atoms with Crippen molar-refractivity contribution in [1.29, 1.82) is 0 Å². The fourth-order valence-corrected chi connectivity index (χ4v) is 2.59. The van der Waals surface area contributed by atoms with E-state index in [1.165, 1.54) is 0 Å². The molecule has 0 spiro atoms. The molecule has 0 unspecified atom stereocenters. The molecule has 2 saturated heterocycles. The first-order valence-electron chi connectivity index (χ1n) is 5.66. The van der Waals surface area contributed by atoms with Crippen LogP contribution in [0.4, 0.5) is 0 Å². The molecular weight excluding hydrogens is 194 g/mol. The number of ether oxygens (including phenoxy) is 1. The molecule has 0 radical (unpaired) electrons. The summed E-state index contributed by atoms with van der Waals surface area (Å²) in [5.74, 6) is 0.0843. The van der Waals surface area contributed by atoms with Crippen molar-refractivity contribution < 1.29 is 14.6 Å². The summed E-state index contributed by atoms with van der Waals surface area (Å²) < 4.78 is 5.25. The zero-order chi connectivity index (χ0) is 10.9. The minimum Gasteiger partial charge on any atom is -0.481 e. The van der Waals surface area contributed by atoms with Gasteiger partial charge in [0.05, 0.1) is 5.41 Å². The van der Waals surface area contributed by atoms with Gasteiger partial charge in [0.2, 0.25) is 0 Å². The van der Waals surface area contributed by atoms with Gasteiger partial charge in [-0.25, -0.2) is 0 Å². The van der Waals surface area contributed by atoms with Gasteiger partial charge in [-0.1, -0.05) is 6.92 Å². The fraction of sp³-hybridized carbons (Fsp3) is 0.909. The molecule has 1 N–H and O–H groups in total. The fourth-order valence-electron chi connectivity index (χ4n) is 2.59. The highest BCUT2D eigenvalue weighted by Gasteiger charge is 2.43. The lowest BCUT2D eigenvalue weighted by Crippen LogP contribution is -2.54. The van der Waals surface area contributed by atoms with Gasteiger partial charge in [0.1, 0.15) is 0 Å². The summed E-state index contributed by atoms with van der Waals surface area (Å²) >= 11 is 0. The Balaban J connectivity index is 1.96. The summed E-state index contributed by atoms with van der Waals surface area (Å²) in [5, 5.41) is 9.34. The predicted molar refractivity (Wildman–Crippen MR) is 55.7 cm³/mol. The molecule has 0 atom stereocenters. The van der Waals surface area contributed by atoms with Crippen LogP contribution in [0.3, 0.4) is 0 Å². The number of hydrogen-bond acceptors (Lipinski definition) is 3. The van der Waals surface area contributed by atoms with Crippen molar-refractivity contribution in [2.45, 2.75) is 19.8 Å². The average Bonchev–Trinajstić information content (AvgIpc) is 2.17. The van der Waals surface area contributed by atoms with Crippen molar-refractivity contribution in [3.05, 3.63) is 0 Å². The zero-order valence-electron chi connectivity index (χ0n) is 9.24. The van der Waals surface area contributed by atoms with Crippen molar-refractivity contribution in [3.63, 3.8) is 0 Å². The second-order valence-corrected chi connectivity index (χ2v) is 5.00. The number of hydrogen-bond donors (Lipinski definition) is 1. The molecule has 4 nitrogen and oxygen atoms in total. The van der Waals surface area contributed by atoms with Crippen LogP contribution in [0, 0.1) is 11.3 Å². The second kappa shape index (κ2) is 4.10. The molecule has 2 aliphatic heterocycles. The Hall–Kier alpha value is -0.610. The third-order valence-corrected chi connectivity index (χ3v) is 3.57. The maximum atomic E-state index is 11.4. The monoisotopic (exact) mass is 213 g/mol. The lowest BCUT2D eigenvalue weighted by Gasteiger charge is -2.44. The standard InChI is InChI=1S/C11H19NO3/c1-9-6-12(7-9)8-11(10(13)14)2-4-15-5-3-11/h9H,2-8H2,1H3,(H,13,14). The van der Waals surface area contributed by atoms with Crippen LogP contribution in [0.5, 0.6) is 0 Å². The Morgan fingerprint density at radius 3 is 2.53 bits per heavy atom. The summed E-state index contributed by atoms with van der Waals surface area (Å²) in [6.07, 6.45) is 1.32. The van der Waals surface area contributed by atoms with Gasteiger partial charge in [0.25, 0.3) is 0 Å². The molecule has 4 heteroatoms. The molecule has 2 fully saturated rings. The highest BCUT2D eigenvalue weighted by Crippen LogP contribution is 2.33. The van der Waals surface area contributed by atoms with Crippen LogP contribution in [0.2, 0.25) is 0 Å². The van der Waals surface area contributed by atoms with Crippen LogP contribution in [0.25, 0.3) is 0 Å². The van der Waals surface area contributed by atoms with E-state index in [1.807, 2.05) is 0 Å². The van der Waals surface area contributed by atoms with Gasteiger partial charge < -0.3 is 14.7 Å². The maximum Gasteiger partial charge on any atom is 0.311 e. The summed E-state index contributed by atoms with van der Waals surface area (Å²) in [7, 11) is 0. The van der Waals surface area contributed by atoms with Gasteiger partial charge >= 0.3 is 5.97 Å². The molecule has 0 aliphatic carbocycles. The van der Waals surface area contributed by atoms with Gasteiger partial charge in [-0.15, -0.1) is 0 Å². The lowest BCUT2D eigenvalue weighted by molar-refractivity contribution is -0.158. The molecule has 0 aromatic rings. The molecular formula is C11H19NO3. The Morgan fingerprint density at radius 2 is 2.07 bits per heavy atom. The average molecular weight is 213 g/mol. The number of nitrogens with zero attached hydrogens (tertiary/aromatic N) is 1. The van der Waals surface area contributed by atoms with Crippen LogP contribution >= 0.6 is 0 Å². The molecule has 15 heavy (non-hydrogen) atoms. The maximum absolute atomic E-state index is 11.4. The molecule has 0 aromatic heterocycles. The SMILES string of the molecule is CC1CN(CC2(C(=O)O)CCOCC2)C1. The smallest absolute Gasteiger partial charge is 0.311 e. The van der Waals surface area contributed by atoms with E-state index in [2.05, 4.69) is 11.8 Å². The van der Waals surface area contributed by atoms with Crippen molar-refractivity contribution >= 4 is 5.97 Å². The Morgan fingerprint density at radius 1 is 1.47 bits per heavy atom. The van der Waals surface area contributed by atoms with E-state index in [0.717, 1.165) is 19.0 Å². The summed E-state index contributed by atoms with van der Waals surface area (Å²) in [6, 6.07) is 0. The van der Waals surface area contributed by atoms with Gasteiger partial charge in [0, 0.05) is 32.8 Å². The van der Waals surface area contributed by atoms with Gasteiger partial charge in [-0.05, 0) is 18.8 Å². The van der Waals surface area contributed by atoms with Crippen molar-refractivity contribution in [2.24, 2.45) is 11.3 Å². The number of aliphatic carboxylic acids is 1. The number of carboxylic acids is 1. The van der Waals surface area contributed by atoms with Crippen molar-refractivity contribution in [1.82, 2.24) is 4.90 Å². The Bertz CT molecular complexity index is 242. The molecule has 0 saturated carbocycles. The number of carbonyl (C=O) groups is 1. The Kier molecular flexibility index (Phi) is 2.98. The topological polar surface area (TPSA) is 49.8 Å². The van der Waals surface area contributed by atoms with Gasteiger partial charge in [-0.2, -0.15) is 0 Å². The molecule has 0 aromatic carbocycles. The molecule has 0 bridgehead atoms. The summed E-state index contributed by atoms with van der Waals surface area (Å²) in [6.45, 7) is 6.20. The number of carboxylic acid groups (broad SMARTS) is 1. The van der Waals surface area contributed by atoms with E-state index in [-0.39, 0.29) is 0 Å². The van der Waals surface area contributed by atoms with Gasteiger partial charge in [-0.3, -0.25) is 4.79 Å². The predicted octanol–water partition coefficient (Wildman–Crippen LogP) is 0.819. The highest BCUT2D eigenvalue weighted by atomic mass is 16.5. The molecule has 2 heterocycles. The minimum absolute atomic E-state index is 0.543. The molecule has 2 aliphatic rings. The van der Waals surface area contributed by atoms with E-state index in [1.54, 1.807) is 0 Å². The minimum atomic E-state index is -0.648. The first-order chi connectivity index (χ1) is 7.12. The van der Waals surface area contributed by atoms with E-state index in [0.29, 0.717) is 32.6 Å². The number of likely N-dealkylation sites (tertiary alicyclic amines) is 1. The number of rotatable bonds is 3. The molecule has 2 rings (SSSR count).